The van der Waals surface area contributed by atoms with Gasteiger partial charge in [-0.05, 0) is 26.7 Å². The molecule has 1 aromatic heterocycles. The van der Waals surface area contributed by atoms with E-state index in [9.17, 15) is 13.2 Å². The molecule has 20 heavy (non-hydrogen) atoms. The van der Waals surface area contributed by atoms with E-state index >= 15 is 0 Å². The van der Waals surface area contributed by atoms with Crippen molar-refractivity contribution in [1.29, 1.82) is 0 Å². The van der Waals surface area contributed by atoms with Crippen LogP contribution in [0.15, 0.2) is 0 Å². The summed E-state index contributed by atoms with van der Waals surface area (Å²) in [6.45, 7) is 3.74. The van der Waals surface area contributed by atoms with Gasteiger partial charge in [0.25, 0.3) is 5.91 Å². The lowest BCUT2D eigenvalue weighted by Gasteiger charge is -2.37. The summed E-state index contributed by atoms with van der Waals surface area (Å²) in [5, 5.41) is 10.5. The van der Waals surface area contributed by atoms with Gasteiger partial charge in [0.1, 0.15) is 0 Å². The number of hydrogen-bond acceptors (Lipinski definition) is 5. The lowest BCUT2D eigenvalue weighted by Crippen LogP contribution is -2.54. The Bertz CT molecular complexity index is 645. The minimum Gasteiger partial charge on any atom is -0.335 e. The van der Waals surface area contributed by atoms with E-state index in [2.05, 4.69) is 15.4 Å². The second-order valence-electron chi connectivity index (χ2n) is 6.14. The number of aromatic nitrogens is 3. The van der Waals surface area contributed by atoms with Gasteiger partial charge >= 0.3 is 0 Å². The van der Waals surface area contributed by atoms with Crippen LogP contribution in [0.25, 0.3) is 0 Å². The Balaban J connectivity index is 1.83. The zero-order chi connectivity index (χ0) is 14.5. The van der Waals surface area contributed by atoms with Crippen molar-refractivity contribution in [3.05, 3.63) is 11.4 Å². The highest BCUT2D eigenvalue weighted by Crippen LogP contribution is 2.40. The van der Waals surface area contributed by atoms with Gasteiger partial charge in [-0.2, -0.15) is 15.4 Å². The molecule has 0 radical (unpaired) electrons. The number of aromatic amines is 1. The highest BCUT2D eigenvalue weighted by atomic mass is 32.2. The van der Waals surface area contributed by atoms with Gasteiger partial charge in [-0.1, -0.05) is 0 Å². The molecule has 2 aliphatic rings. The topological polar surface area (TPSA) is 96.0 Å². The van der Waals surface area contributed by atoms with Crippen LogP contribution in [0.4, 0.5) is 0 Å². The van der Waals surface area contributed by atoms with E-state index in [0.717, 1.165) is 18.5 Å². The molecule has 1 aromatic rings. The van der Waals surface area contributed by atoms with Crippen LogP contribution in [0.1, 0.15) is 48.8 Å². The van der Waals surface area contributed by atoms with Gasteiger partial charge < -0.3 is 4.90 Å². The largest absolute Gasteiger partial charge is 0.335 e. The van der Waals surface area contributed by atoms with Crippen molar-refractivity contribution in [3.8, 4) is 0 Å². The molecule has 8 heteroatoms. The van der Waals surface area contributed by atoms with Gasteiger partial charge in [0.05, 0.1) is 16.2 Å². The van der Waals surface area contributed by atoms with Crippen molar-refractivity contribution < 1.29 is 13.2 Å². The van der Waals surface area contributed by atoms with Crippen molar-refractivity contribution in [2.45, 2.75) is 37.4 Å². The fourth-order valence-corrected chi connectivity index (χ4v) is 3.87. The third kappa shape index (κ3) is 2.11. The van der Waals surface area contributed by atoms with Gasteiger partial charge in [-0.25, -0.2) is 8.42 Å². The summed E-state index contributed by atoms with van der Waals surface area (Å²) in [5.41, 5.74) is 1.07. The number of nitrogens with one attached hydrogen (secondary N) is 1. The smallest absolute Gasteiger partial charge is 0.276 e. The van der Waals surface area contributed by atoms with E-state index < -0.39 is 14.6 Å². The maximum Gasteiger partial charge on any atom is 0.276 e. The van der Waals surface area contributed by atoms with Gasteiger partial charge in [0, 0.05) is 19.0 Å². The summed E-state index contributed by atoms with van der Waals surface area (Å²) in [7, 11) is -3.15. The molecule has 7 nitrogen and oxygen atoms in total. The molecule has 1 N–H and O–H groups in total. The lowest BCUT2D eigenvalue weighted by atomic mass is 10.1. The van der Waals surface area contributed by atoms with Crippen LogP contribution >= 0.6 is 0 Å². The van der Waals surface area contributed by atoms with E-state index in [0.29, 0.717) is 11.6 Å². The number of nitrogens with zero attached hydrogens (tertiary/aromatic N) is 3. The first-order chi connectivity index (χ1) is 9.32. The van der Waals surface area contributed by atoms with E-state index in [1.165, 1.54) is 0 Å². The molecule has 1 aliphatic carbocycles. The van der Waals surface area contributed by atoms with Gasteiger partial charge in [0.15, 0.2) is 15.5 Å². The van der Waals surface area contributed by atoms with Crippen LogP contribution in [0, 0.1) is 0 Å². The van der Waals surface area contributed by atoms with Crippen molar-refractivity contribution in [2.24, 2.45) is 0 Å². The van der Waals surface area contributed by atoms with Crippen LogP contribution < -0.4 is 0 Å². The molecular weight excluding hydrogens is 280 g/mol. The Morgan fingerprint density at radius 1 is 1.35 bits per heavy atom. The molecule has 2 heterocycles. The lowest BCUT2D eigenvalue weighted by molar-refractivity contribution is 0.0736. The molecule has 1 saturated heterocycles. The first-order valence-corrected chi connectivity index (χ1v) is 8.39. The average molecular weight is 298 g/mol. The molecule has 0 spiro atoms. The van der Waals surface area contributed by atoms with Crippen LogP contribution in [-0.4, -0.2) is 58.2 Å². The molecule has 1 amide bonds. The van der Waals surface area contributed by atoms with E-state index in [-0.39, 0.29) is 24.7 Å². The first-order valence-electron chi connectivity index (χ1n) is 6.74. The van der Waals surface area contributed by atoms with Crippen molar-refractivity contribution in [2.75, 3.05) is 18.8 Å². The SMILES string of the molecule is CC1(C)CN(C(=O)c2n[nH]nc2C2CC2)CCS1(=O)=O. The minimum atomic E-state index is -3.15. The Kier molecular flexibility index (Phi) is 2.89. The molecule has 0 aromatic carbocycles. The molecule has 0 atom stereocenters. The van der Waals surface area contributed by atoms with Crippen molar-refractivity contribution in [1.82, 2.24) is 20.3 Å². The number of sulfone groups is 1. The number of carbonyl (C=O) groups is 1. The first kappa shape index (κ1) is 13.5. The van der Waals surface area contributed by atoms with E-state index in [1.807, 2.05) is 0 Å². The number of carbonyl (C=O) groups excluding carboxylic acids is 1. The van der Waals surface area contributed by atoms with Crippen molar-refractivity contribution in [3.63, 3.8) is 0 Å². The number of H-pyrrole nitrogens is 1. The van der Waals surface area contributed by atoms with E-state index in [1.54, 1.807) is 18.7 Å². The predicted molar refractivity (Wildman–Crippen MR) is 72.1 cm³/mol. The van der Waals surface area contributed by atoms with Crippen LogP contribution in [0.5, 0.6) is 0 Å². The second kappa shape index (κ2) is 4.28. The molecule has 1 saturated carbocycles. The Hall–Kier alpha value is -1.44. The summed E-state index contributed by atoms with van der Waals surface area (Å²) in [4.78, 5) is 14.1. The Morgan fingerprint density at radius 2 is 2.05 bits per heavy atom. The van der Waals surface area contributed by atoms with Crippen LogP contribution in [-0.2, 0) is 9.84 Å². The Labute approximate surface area is 117 Å². The molecule has 110 valence electrons. The highest BCUT2D eigenvalue weighted by Gasteiger charge is 2.43. The van der Waals surface area contributed by atoms with Crippen LogP contribution in [0.3, 0.4) is 0 Å². The Morgan fingerprint density at radius 3 is 2.65 bits per heavy atom. The summed E-state index contributed by atoms with van der Waals surface area (Å²) in [5.74, 6) is 0.111. The average Bonchev–Trinajstić information content (AvgIpc) is 3.10. The predicted octanol–water partition coefficient (Wildman–Crippen LogP) is 0.331. The third-order valence-corrected chi connectivity index (χ3v) is 6.61. The maximum absolute atomic E-state index is 12.5. The van der Waals surface area contributed by atoms with Gasteiger partial charge in [-0.15, -0.1) is 0 Å². The normalized spacial score (nSPS) is 24.6. The van der Waals surface area contributed by atoms with E-state index in [4.69, 9.17) is 0 Å². The third-order valence-electron chi connectivity index (χ3n) is 4.07. The number of amides is 1. The maximum atomic E-state index is 12.5. The fraction of sp³-hybridized carbons (Fsp3) is 0.750. The summed E-state index contributed by atoms with van der Waals surface area (Å²) in [6.07, 6.45) is 2.07. The molecular formula is C12H18N4O3S. The summed E-state index contributed by atoms with van der Waals surface area (Å²) < 4.78 is 23.0. The molecule has 2 fully saturated rings. The fourth-order valence-electron chi connectivity index (χ4n) is 2.50. The molecule has 0 bridgehead atoms. The summed E-state index contributed by atoms with van der Waals surface area (Å²) in [6, 6.07) is 0. The zero-order valence-corrected chi connectivity index (χ0v) is 12.4. The monoisotopic (exact) mass is 298 g/mol. The molecule has 0 unspecified atom stereocenters. The van der Waals surface area contributed by atoms with Crippen molar-refractivity contribution >= 4 is 15.7 Å². The minimum absolute atomic E-state index is 0.00233. The zero-order valence-electron chi connectivity index (χ0n) is 11.6. The van der Waals surface area contributed by atoms with Crippen LogP contribution in [0.2, 0.25) is 0 Å². The number of hydrogen-bond donors (Lipinski definition) is 1. The second-order valence-corrected chi connectivity index (χ2v) is 8.88. The number of rotatable bonds is 2. The van der Waals surface area contributed by atoms with Gasteiger partial charge in [-0.3, -0.25) is 4.79 Å². The van der Waals surface area contributed by atoms with Gasteiger partial charge in [0.2, 0.25) is 0 Å². The standard InChI is InChI=1S/C12H18N4O3S/c1-12(2)7-16(5-6-20(12,18)19)11(17)10-9(8-3-4-8)13-15-14-10/h8H,3-7H2,1-2H3,(H,13,14,15). The molecule has 3 rings (SSSR count). The highest BCUT2D eigenvalue weighted by molar-refractivity contribution is 7.92. The molecule has 1 aliphatic heterocycles. The summed E-state index contributed by atoms with van der Waals surface area (Å²) >= 11 is 0. The quantitative estimate of drug-likeness (QED) is 0.849.